The molecule has 0 unspecified atom stereocenters. The Morgan fingerprint density at radius 2 is 2.00 bits per heavy atom. The first-order valence-corrected chi connectivity index (χ1v) is 7.67. The third-order valence-corrected chi connectivity index (χ3v) is 5.00. The van der Waals surface area contributed by atoms with E-state index in [0.29, 0.717) is 19.0 Å². The Labute approximate surface area is 114 Å². The zero-order valence-corrected chi connectivity index (χ0v) is 11.8. The second kappa shape index (κ2) is 4.81. The van der Waals surface area contributed by atoms with Gasteiger partial charge in [-0.3, -0.25) is 0 Å². The number of nitrogens with one attached hydrogen (secondary N) is 1. The number of hydrogen-bond donors (Lipinski definition) is 1. The molecule has 6 heteroatoms. The smallest absolute Gasteiger partial charge is 0.211 e. The maximum Gasteiger partial charge on any atom is 0.211 e. The molecule has 2 heterocycles. The molecule has 18 heavy (non-hydrogen) atoms. The van der Waals surface area contributed by atoms with E-state index in [-0.39, 0.29) is 18.4 Å². The quantitative estimate of drug-likeness (QED) is 0.837. The summed E-state index contributed by atoms with van der Waals surface area (Å²) in [6, 6.07) is 8.56. The maximum atomic E-state index is 11.6. The summed E-state index contributed by atoms with van der Waals surface area (Å²) in [5.74, 6) is 0.301. The molecule has 2 aliphatic heterocycles. The molecule has 0 amide bonds. The Balaban J connectivity index is 0.00000120. The van der Waals surface area contributed by atoms with Crippen molar-refractivity contribution in [1.82, 2.24) is 9.62 Å². The molecule has 0 bridgehead atoms. The second-order valence-electron chi connectivity index (χ2n) is 4.87. The Morgan fingerprint density at radius 3 is 2.72 bits per heavy atom. The van der Waals surface area contributed by atoms with Crippen molar-refractivity contribution in [1.29, 1.82) is 0 Å². The minimum Gasteiger partial charge on any atom is -0.308 e. The lowest BCUT2D eigenvalue weighted by Gasteiger charge is -2.28. The number of benzene rings is 1. The average molecular weight is 289 g/mol. The first-order chi connectivity index (χ1) is 8.05. The van der Waals surface area contributed by atoms with Crippen LogP contribution in [-0.2, 0) is 16.6 Å². The highest BCUT2D eigenvalue weighted by molar-refractivity contribution is 7.88. The summed E-state index contributed by atoms with van der Waals surface area (Å²) in [6.45, 7) is 2.04. The number of fused-ring (bicyclic) bond motifs is 3. The zero-order valence-electron chi connectivity index (χ0n) is 10.2. The van der Waals surface area contributed by atoms with Crippen LogP contribution in [0.4, 0.5) is 0 Å². The van der Waals surface area contributed by atoms with E-state index in [2.05, 4.69) is 17.4 Å². The minimum atomic E-state index is -3.07. The molecule has 1 fully saturated rings. The van der Waals surface area contributed by atoms with Crippen LogP contribution in [0.15, 0.2) is 24.3 Å². The molecule has 0 saturated carbocycles. The Bertz CT molecular complexity index is 547. The van der Waals surface area contributed by atoms with Gasteiger partial charge in [0.05, 0.1) is 6.26 Å². The first-order valence-electron chi connectivity index (χ1n) is 5.82. The molecule has 2 aliphatic rings. The van der Waals surface area contributed by atoms with Gasteiger partial charge in [-0.15, -0.1) is 12.4 Å². The fourth-order valence-electron chi connectivity index (χ4n) is 2.86. The van der Waals surface area contributed by atoms with Crippen molar-refractivity contribution in [2.75, 3.05) is 19.3 Å². The minimum absolute atomic E-state index is 0. The van der Waals surface area contributed by atoms with E-state index >= 15 is 0 Å². The lowest BCUT2D eigenvalue weighted by molar-refractivity contribution is 0.452. The summed E-state index contributed by atoms with van der Waals surface area (Å²) in [7, 11) is -3.07. The van der Waals surface area contributed by atoms with Crippen molar-refractivity contribution in [3.8, 4) is 0 Å². The van der Waals surface area contributed by atoms with Gasteiger partial charge in [-0.1, -0.05) is 24.3 Å². The summed E-state index contributed by atoms with van der Waals surface area (Å²) in [5, 5.41) is 3.43. The summed E-state index contributed by atoms with van der Waals surface area (Å²) in [6.07, 6.45) is 1.29. The largest absolute Gasteiger partial charge is 0.308 e. The number of rotatable bonds is 1. The highest BCUT2D eigenvalue weighted by atomic mass is 35.5. The maximum absolute atomic E-state index is 11.6. The Hall–Kier alpha value is -0.620. The normalized spacial score (nSPS) is 27.2. The Kier molecular flexibility index (Phi) is 3.69. The van der Waals surface area contributed by atoms with Crippen LogP contribution < -0.4 is 5.32 Å². The van der Waals surface area contributed by atoms with Gasteiger partial charge in [-0.05, 0) is 11.1 Å². The van der Waals surface area contributed by atoms with Crippen LogP contribution in [0.2, 0.25) is 0 Å². The lowest BCUT2D eigenvalue weighted by atomic mass is 9.87. The molecule has 0 aromatic heterocycles. The molecule has 1 N–H and O–H groups in total. The molecular weight excluding hydrogens is 272 g/mol. The van der Waals surface area contributed by atoms with Crippen LogP contribution >= 0.6 is 12.4 Å². The molecule has 0 radical (unpaired) electrons. The van der Waals surface area contributed by atoms with Crippen molar-refractivity contribution in [2.45, 2.75) is 18.5 Å². The van der Waals surface area contributed by atoms with E-state index in [1.807, 2.05) is 12.1 Å². The number of halogens is 1. The van der Waals surface area contributed by atoms with E-state index < -0.39 is 10.0 Å². The third-order valence-electron chi connectivity index (χ3n) is 3.76. The van der Waals surface area contributed by atoms with Crippen LogP contribution in [-0.4, -0.2) is 38.1 Å². The van der Waals surface area contributed by atoms with E-state index in [9.17, 15) is 8.42 Å². The Morgan fingerprint density at radius 1 is 1.28 bits per heavy atom. The molecule has 0 spiro atoms. The van der Waals surface area contributed by atoms with Gasteiger partial charge in [0.1, 0.15) is 0 Å². The van der Waals surface area contributed by atoms with Gasteiger partial charge < -0.3 is 5.32 Å². The summed E-state index contributed by atoms with van der Waals surface area (Å²) in [5.41, 5.74) is 2.60. The molecule has 1 aromatic carbocycles. The first kappa shape index (κ1) is 13.8. The highest BCUT2D eigenvalue weighted by Crippen LogP contribution is 2.34. The number of hydrogen-bond acceptors (Lipinski definition) is 3. The second-order valence-corrected chi connectivity index (χ2v) is 6.86. The summed E-state index contributed by atoms with van der Waals surface area (Å²) < 4.78 is 24.8. The van der Waals surface area contributed by atoms with Crippen molar-refractivity contribution in [3.63, 3.8) is 0 Å². The van der Waals surface area contributed by atoms with E-state index in [1.54, 1.807) is 4.31 Å². The topological polar surface area (TPSA) is 49.4 Å². The molecular formula is C12H17ClN2O2S. The van der Waals surface area contributed by atoms with Gasteiger partial charge in [0.2, 0.25) is 10.0 Å². The van der Waals surface area contributed by atoms with Gasteiger partial charge in [-0.25, -0.2) is 8.42 Å². The van der Waals surface area contributed by atoms with E-state index in [0.717, 1.165) is 6.54 Å². The van der Waals surface area contributed by atoms with Crippen molar-refractivity contribution in [2.24, 2.45) is 0 Å². The van der Waals surface area contributed by atoms with Gasteiger partial charge in [0.25, 0.3) is 0 Å². The third kappa shape index (κ3) is 2.28. The van der Waals surface area contributed by atoms with Crippen LogP contribution in [0.25, 0.3) is 0 Å². The SMILES string of the molecule is CS(=O)(=O)N1C[C@H]2NCc3ccccc3[C@@H]2C1.Cl. The number of sulfonamides is 1. The highest BCUT2D eigenvalue weighted by Gasteiger charge is 2.40. The fraction of sp³-hybridized carbons (Fsp3) is 0.500. The molecule has 100 valence electrons. The monoisotopic (exact) mass is 288 g/mol. The van der Waals surface area contributed by atoms with Crippen LogP contribution in [0, 0.1) is 0 Å². The van der Waals surface area contributed by atoms with Crippen molar-refractivity contribution >= 4 is 22.4 Å². The van der Waals surface area contributed by atoms with Crippen LogP contribution in [0.5, 0.6) is 0 Å². The van der Waals surface area contributed by atoms with Crippen LogP contribution in [0.1, 0.15) is 17.0 Å². The molecule has 1 saturated heterocycles. The van der Waals surface area contributed by atoms with Gasteiger partial charge in [-0.2, -0.15) is 4.31 Å². The predicted molar refractivity (Wildman–Crippen MR) is 73.5 cm³/mol. The predicted octanol–water partition coefficient (Wildman–Crippen LogP) is 0.939. The average Bonchev–Trinajstić information content (AvgIpc) is 2.72. The molecule has 0 aliphatic carbocycles. The lowest BCUT2D eigenvalue weighted by Crippen LogP contribution is -2.39. The fourth-order valence-corrected chi connectivity index (χ4v) is 3.72. The van der Waals surface area contributed by atoms with Crippen molar-refractivity contribution < 1.29 is 8.42 Å². The summed E-state index contributed by atoms with van der Waals surface area (Å²) in [4.78, 5) is 0. The zero-order chi connectivity index (χ0) is 12.0. The molecule has 4 nitrogen and oxygen atoms in total. The molecule has 2 atom stereocenters. The summed E-state index contributed by atoms with van der Waals surface area (Å²) >= 11 is 0. The van der Waals surface area contributed by atoms with Crippen molar-refractivity contribution in [3.05, 3.63) is 35.4 Å². The van der Waals surface area contributed by atoms with E-state index in [4.69, 9.17) is 0 Å². The van der Waals surface area contributed by atoms with E-state index in [1.165, 1.54) is 17.4 Å². The number of nitrogens with zero attached hydrogens (tertiary/aromatic N) is 1. The molecule has 1 aromatic rings. The molecule has 3 rings (SSSR count). The van der Waals surface area contributed by atoms with Gasteiger partial charge in [0.15, 0.2) is 0 Å². The van der Waals surface area contributed by atoms with Crippen LogP contribution in [0.3, 0.4) is 0 Å². The van der Waals surface area contributed by atoms with Gasteiger partial charge in [0, 0.05) is 31.6 Å². The standard InChI is InChI=1S/C12H16N2O2S.ClH/c1-17(15,16)14-7-11-10-5-3-2-4-9(10)6-13-12(11)8-14;/h2-5,11-13H,6-8H2,1H3;1H/t11-,12+;/m0./s1. The van der Waals surface area contributed by atoms with Gasteiger partial charge >= 0.3 is 0 Å².